The molecule has 0 heterocycles. The molecule has 0 aromatic heterocycles. The Morgan fingerprint density at radius 1 is 0.750 bits per heavy atom. The molecular formula is C24H40N10O6. The molecule has 0 aliphatic rings. The van der Waals surface area contributed by atoms with Crippen molar-refractivity contribution in [3.8, 4) is 0 Å². The monoisotopic (exact) mass is 564 g/mol. The highest BCUT2D eigenvalue weighted by Crippen LogP contribution is 2.08. The second-order valence-electron chi connectivity index (χ2n) is 8.90. The fraction of sp³-hybridized carbons (Fsp3) is 0.500. The van der Waals surface area contributed by atoms with Crippen LogP contribution in [0.4, 0.5) is 0 Å². The lowest BCUT2D eigenvalue weighted by atomic mass is 10.0. The van der Waals surface area contributed by atoms with Crippen LogP contribution in [0, 0.1) is 0 Å². The fourth-order valence-corrected chi connectivity index (χ4v) is 3.50. The van der Waals surface area contributed by atoms with Crippen LogP contribution in [0.25, 0.3) is 0 Å². The molecule has 4 atom stereocenters. The van der Waals surface area contributed by atoms with Gasteiger partial charge in [-0.25, -0.2) is 4.79 Å². The van der Waals surface area contributed by atoms with Gasteiger partial charge < -0.3 is 54.8 Å². The molecule has 16 heteroatoms. The number of amides is 3. The fourth-order valence-electron chi connectivity index (χ4n) is 3.50. The van der Waals surface area contributed by atoms with Crippen molar-refractivity contribution >= 4 is 35.6 Å². The van der Waals surface area contributed by atoms with Crippen LogP contribution < -0.4 is 44.6 Å². The summed E-state index contributed by atoms with van der Waals surface area (Å²) in [6, 6.07) is 3.87. The standard InChI is InChI=1S/C24H40N10O6/c25-15(13-35)19(36)32-16(8-4-10-30-23(26)27)20(37)34-18(12-14-6-2-1-3-7-14)21(38)33-17(22(39)40)9-5-11-31-24(28)29/h1-3,6-7,15-18,35H,4-5,8-13,25H2,(H,32,36)(H,33,38)(H,34,37)(H,39,40)(H4,26,27,30)(H4,28,29,31). The maximum Gasteiger partial charge on any atom is 0.326 e. The Kier molecular flexibility index (Phi) is 15.1. The van der Waals surface area contributed by atoms with E-state index in [0.29, 0.717) is 5.56 Å². The molecule has 0 spiro atoms. The van der Waals surface area contributed by atoms with Crippen LogP contribution in [0.1, 0.15) is 31.2 Å². The van der Waals surface area contributed by atoms with Crippen LogP contribution in [0.3, 0.4) is 0 Å². The molecule has 1 aromatic rings. The van der Waals surface area contributed by atoms with Gasteiger partial charge >= 0.3 is 5.97 Å². The van der Waals surface area contributed by atoms with E-state index >= 15 is 0 Å². The quantitative estimate of drug-likeness (QED) is 0.0468. The third-order valence-electron chi connectivity index (χ3n) is 5.59. The number of carboxylic acid groups (broad SMARTS) is 1. The Labute approximate surface area is 231 Å². The number of guanidine groups is 2. The number of rotatable bonds is 18. The maximum atomic E-state index is 13.3. The molecule has 15 N–H and O–H groups in total. The zero-order chi connectivity index (χ0) is 30.1. The van der Waals surface area contributed by atoms with Gasteiger partial charge in [0.1, 0.15) is 24.2 Å². The Hall–Kier alpha value is -4.44. The smallest absolute Gasteiger partial charge is 0.326 e. The van der Waals surface area contributed by atoms with E-state index in [0.717, 1.165) is 0 Å². The molecule has 16 nitrogen and oxygen atoms in total. The van der Waals surface area contributed by atoms with E-state index in [2.05, 4.69) is 25.9 Å². The highest BCUT2D eigenvalue weighted by molar-refractivity contribution is 5.94. The highest BCUT2D eigenvalue weighted by atomic mass is 16.4. The van der Waals surface area contributed by atoms with E-state index in [1.54, 1.807) is 30.3 Å². The molecule has 0 bridgehead atoms. The number of carboxylic acids is 1. The minimum absolute atomic E-state index is 0.0313. The molecule has 3 amide bonds. The van der Waals surface area contributed by atoms with Gasteiger partial charge in [0.05, 0.1) is 6.61 Å². The molecule has 222 valence electrons. The molecule has 1 aromatic carbocycles. The van der Waals surface area contributed by atoms with Gasteiger partial charge in [-0.1, -0.05) is 30.3 Å². The van der Waals surface area contributed by atoms with Crippen molar-refractivity contribution < 1.29 is 29.4 Å². The van der Waals surface area contributed by atoms with E-state index in [9.17, 15) is 29.4 Å². The Morgan fingerprint density at radius 3 is 1.73 bits per heavy atom. The highest BCUT2D eigenvalue weighted by Gasteiger charge is 2.30. The van der Waals surface area contributed by atoms with Crippen LogP contribution in [-0.4, -0.2) is 89.7 Å². The van der Waals surface area contributed by atoms with E-state index in [1.807, 2.05) is 0 Å². The number of aliphatic hydroxyl groups is 1. The number of benzene rings is 1. The first-order valence-corrected chi connectivity index (χ1v) is 12.6. The lowest BCUT2D eigenvalue weighted by Gasteiger charge is -2.25. The predicted octanol–water partition coefficient (Wildman–Crippen LogP) is -3.81. The molecule has 0 aliphatic carbocycles. The molecular weight excluding hydrogens is 524 g/mol. The van der Waals surface area contributed by atoms with Crippen LogP contribution in [-0.2, 0) is 25.6 Å². The van der Waals surface area contributed by atoms with Crippen molar-refractivity contribution in [2.75, 3.05) is 19.7 Å². The van der Waals surface area contributed by atoms with E-state index < -0.39 is 54.5 Å². The first-order chi connectivity index (χ1) is 18.9. The van der Waals surface area contributed by atoms with Gasteiger partial charge in [0, 0.05) is 19.5 Å². The summed E-state index contributed by atoms with van der Waals surface area (Å²) in [4.78, 5) is 58.2. The predicted molar refractivity (Wildman–Crippen MR) is 148 cm³/mol. The largest absolute Gasteiger partial charge is 0.480 e. The number of nitrogens with two attached hydrogens (primary N) is 5. The van der Waals surface area contributed by atoms with E-state index in [-0.39, 0.29) is 57.1 Å². The number of hydrogen-bond acceptors (Lipinski definition) is 8. The molecule has 0 fully saturated rings. The summed E-state index contributed by atoms with van der Waals surface area (Å²) < 4.78 is 0. The summed E-state index contributed by atoms with van der Waals surface area (Å²) in [5.74, 6) is -3.80. The third-order valence-corrected chi connectivity index (χ3v) is 5.59. The molecule has 1 rings (SSSR count). The topological polar surface area (TPSA) is 300 Å². The molecule has 0 saturated carbocycles. The second kappa shape index (κ2) is 18.0. The van der Waals surface area contributed by atoms with Gasteiger partial charge in [-0.05, 0) is 31.2 Å². The SMILES string of the molecule is NC(N)=NCCCC(NC(=O)C(Cc1ccccc1)NC(=O)C(CCCN=C(N)N)NC(=O)C(N)CO)C(=O)O. The summed E-state index contributed by atoms with van der Waals surface area (Å²) in [6.45, 7) is -0.307. The molecule has 0 saturated heterocycles. The average molecular weight is 565 g/mol. The maximum absolute atomic E-state index is 13.3. The Bertz CT molecular complexity index is 1030. The summed E-state index contributed by atoms with van der Waals surface area (Å²) >= 11 is 0. The minimum atomic E-state index is -1.27. The van der Waals surface area contributed by atoms with Gasteiger partial charge in [0.15, 0.2) is 11.9 Å². The molecule has 0 aliphatic heterocycles. The van der Waals surface area contributed by atoms with Gasteiger partial charge in [0.25, 0.3) is 0 Å². The molecule has 0 radical (unpaired) electrons. The van der Waals surface area contributed by atoms with Crippen molar-refractivity contribution in [2.24, 2.45) is 38.7 Å². The van der Waals surface area contributed by atoms with E-state index in [1.165, 1.54) is 0 Å². The van der Waals surface area contributed by atoms with Gasteiger partial charge in [-0.2, -0.15) is 0 Å². The van der Waals surface area contributed by atoms with Crippen molar-refractivity contribution in [3.05, 3.63) is 35.9 Å². The zero-order valence-electron chi connectivity index (χ0n) is 22.2. The van der Waals surface area contributed by atoms with Gasteiger partial charge in [-0.15, -0.1) is 0 Å². The zero-order valence-corrected chi connectivity index (χ0v) is 22.2. The number of carbonyl (C=O) groups is 4. The Balaban J connectivity index is 3.11. The summed E-state index contributed by atoms with van der Waals surface area (Å²) in [6.07, 6.45) is 0.710. The third kappa shape index (κ3) is 13.4. The van der Waals surface area contributed by atoms with Crippen LogP contribution in [0.5, 0.6) is 0 Å². The summed E-state index contributed by atoms with van der Waals surface area (Å²) in [5, 5.41) is 26.3. The van der Waals surface area contributed by atoms with Gasteiger partial charge in [-0.3, -0.25) is 24.4 Å². The van der Waals surface area contributed by atoms with E-state index in [4.69, 9.17) is 28.7 Å². The van der Waals surface area contributed by atoms with Crippen molar-refractivity contribution in [2.45, 2.75) is 56.3 Å². The van der Waals surface area contributed by atoms with Crippen molar-refractivity contribution in [3.63, 3.8) is 0 Å². The van der Waals surface area contributed by atoms with Crippen molar-refractivity contribution in [1.29, 1.82) is 0 Å². The number of aliphatic carboxylic acids is 1. The number of carbonyl (C=O) groups excluding carboxylic acids is 3. The summed E-state index contributed by atoms with van der Waals surface area (Å²) in [7, 11) is 0. The number of aliphatic imine (C=N–C) groups is 2. The molecule has 4 unspecified atom stereocenters. The van der Waals surface area contributed by atoms with Crippen molar-refractivity contribution in [1.82, 2.24) is 16.0 Å². The number of nitrogens with one attached hydrogen (secondary N) is 3. The molecule has 40 heavy (non-hydrogen) atoms. The second-order valence-corrected chi connectivity index (χ2v) is 8.90. The number of aliphatic hydroxyl groups excluding tert-OH is 1. The summed E-state index contributed by atoms with van der Waals surface area (Å²) in [5.41, 5.74) is 27.5. The van der Waals surface area contributed by atoms with Crippen LogP contribution in [0.2, 0.25) is 0 Å². The lowest BCUT2D eigenvalue weighted by molar-refractivity contribution is -0.142. The normalized spacial score (nSPS) is 13.6. The first-order valence-electron chi connectivity index (χ1n) is 12.6. The van der Waals surface area contributed by atoms with Gasteiger partial charge in [0.2, 0.25) is 17.7 Å². The average Bonchev–Trinajstić information content (AvgIpc) is 2.90. The number of hydrogen-bond donors (Lipinski definition) is 10. The Morgan fingerprint density at radius 2 is 1.23 bits per heavy atom. The van der Waals surface area contributed by atoms with Crippen LogP contribution in [0.15, 0.2) is 40.3 Å². The van der Waals surface area contributed by atoms with Crippen LogP contribution >= 0.6 is 0 Å². The lowest BCUT2D eigenvalue weighted by Crippen LogP contribution is -2.58. The number of nitrogens with zero attached hydrogens (tertiary/aromatic N) is 2. The first kappa shape index (κ1) is 33.6. The minimum Gasteiger partial charge on any atom is -0.480 e.